The van der Waals surface area contributed by atoms with Crippen LogP contribution in [0.2, 0.25) is 0 Å². The summed E-state index contributed by atoms with van der Waals surface area (Å²) in [6, 6.07) is 22.8. The molecule has 0 spiro atoms. The van der Waals surface area contributed by atoms with Gasteiger partial charge in [-0.05, 0) is 48.4 Å². The second-order valence-electron chi connectivity index (χ2n) is 7.36. The molecule has 4 aromatic rings. The van der Waals surface area contributed by atoms with Crippen LogP contribution in [0.4, 0.5) is 10.5 Å². The van der Waals surface area contributed by atoms with Gasteiger partial charge in [0.2, 0.25) is 0 Å². The van der Waals surface area contributed by atoms with Gasteiger partial charge in [-0.3, -0.25) is 10.1 Å². The molecule has 0 fully saturated rings. The number of hydrogen-bond donors (Lipinski definition) is 1. The molecule has 0 unspecified atom stereocenters. The SMILES string of the molecule is CCC(=O)Oc1ccccc1NC(=O)OCc1cc2cc(-c3ccc(C)cc3)ccc2o1. The summed E-state index contributed by atoms with van der Waals surface area (Å²) >= 11 is 0. The fourth-order valence-corrected chi connectivity index (χ4v) is 3.23. The highest BCUT2D eigenvalue weighted by Gasteiger charge is 2.13. The van der Waals surface area contributed by atoms with E-state index in [-0.39, 0.29) is 24.7 Å². The van der Waals surface area contributed by atoms with Crippen LogP contribution in [-0.2, 0) is 16.1 Å². The zero-order valence-corrected chi connectivity index (χ0v) is 17.9. The van der Waals surface area contributed by atoms with Crippen molar-refractivity contribution in [2.45, 2.75) is 26.9 Å². The van der Waals surface area contributed by atoms with E-state index in [1.165, 1.54) is 5.56 Å². The van der Waals surface area contributed by atoms with Crippen molar-refractivity contribution >= 4 is 28.7 Å². The highest BCUT2D eigenvalue weighted by molar-refractivity contribution is 5.88. The van der Waals surface area contributed by atoms with Crippen molar-refractivity contribution in [2.75, 3.05) is 5.32 Å². The Bertz CT molecular complexity index is 1260. The number of rotatable bonds is 6. The highest BCUT2D eigenvalue weighted by atomic mass is 16.6. The molecule has 1 N–H and O–H groups in total. The topological polar surface area (TPSA) is 77.8 Å². The number of carbonyl (C=O) groups excluding carboxylic acids is 2. The van der Waals surface area contributed by atoms with Gasteiger partial charge in [0.1, 0.15) is 11.3 Å². The van der Waals surface area contributed by atoms with Crippen LogP contribution < -0.4 is 10.1 Å². The van der Waals surface area contributed by atoms with E-state index in [1.807, 2.05) is 24.3 Å². The maximum atomic E-state index is 12.3. The molecule has 0 bridgehead atoms. The summed E-state index contributed by atoms with van der Waals surface area (Å²) < 4.78 is 16.3. The first-order valence-corrected chi connectivity index (χ1v) is 10.3. The number of hydrogen-bond acceptors (Lipinski definition) is 5. The number of furan rings is 1. The molecule has 32 heavy (non-hydrogen) atoms. The van der Waals surface area contributed by atoms with E-state index < -0.39 is 6.09 Å². The standard InChI is InChI=1S/C26H23NO5/c1-3-25(28)32-24-7-5-4-6-22(24)27-26(29)30-16-21-15-20-14-19(12-13-23(20)31-21)18-10-8-17(2)9-11-18/h4-15H,3,16H2,1-2H3,(H,27,29). The number of esters is 1. The van der Waals surface area contributed by atoms with E-state index in [4.69, 9.17) is 13.9 Å². The molecule has 1 aromatic heterocycles. The molecule has 0 saturated heterocycles. The van der Waals surface area contributed by atoms with Gasteiger partial charge in [-0.25, -0.2) is 4.79 Å². The van der Waals surface area contributed by atoms with Crippen molar-refractivity contribution in [3.63, 3.8) is 0 Å². The molecule has 6 nitrogen and oxygen atoms in total. The van der Waals surface area contributed by atoms with Crippen LogP contribution in [-0.4, -0.2) is 12.1 Å². The average molecular weight is 429 g/mol. The summed E-state index contributed by atoms with van der Waals surface area (Å²) in [4.78, 5) is 23.8. The molecule has 3 aromatic carbocycles. The molecule has 4 rings (SSSR count). The summed E-state index contributed by atoms with van der Waals surface area (Å²) in [6.07, 6.45) is -0.443. The molecule has 0 aliphatic heterocycles. The number of ether oxygens (including phenoxy) is 2. The summed E-state index contributed by atoms with van der Waals surface area (Å²) in [6.45, 7) is 3.73. The number of nitrogens with one attached hydrogen (secondary N) is 1. The monoisotopic (exact) mass is 429 g/mol. The molecule has 6 heteroatoms. The Morgan fingerprint density at radius 1 is 0.938 bits per heavy atom. The Balaban J connectivity index is 1.41. The van der Waals surface area contributed by atoms with Crippen molar-refractivity contribution in [1.29, 1.82) is 0 Å². The van der Waals surface area contributed by atoms with E-state index in [2.05, 4.69) is 36.5 Å². The van der Waals surface area contributed by atoms with E-state index in [9.17, 15) is 9.59 Å². The largest absolute Gasteiger partial charge is 0.457 e. The number of fused-ring (bicyclic) bond motifs is 1. The number of anilines is 1. The van der Waals surface area contributed by atoms with E-state index in [0.29, 0.717) is 11.4 Å². The number of benzene rings is 3. The van der Waals surface area contributed by atoms with Crippen molar-refractivity contribution in [3.05, 3.63) is 84.1 Å². The van der Waals surface area contributed by atoms with Gasteiger partial charge < -0.3 is 13.9 Å². The zero-order chi connectivity index (χ0) is 22.5. The summed E-state index contributed by atoms with van der Waals surface area (Å²) in [7, 11) is 0. The van der Waals surface area contributed by atoms with Crippen molar-refractivity contribution in [2.24, 2.45) is 0 Å². The lowest BCUT2D eigenvalue weighted by molar-refractivity contribution is -0.133. The second kappa shape index (κ2) is 9.39. The lowest BCUT2D eigenvalue weighted by atomic mass is 10.0. The number of para-hydroxylation sites is 2. The third-order valence-corrected chi connectivity index (χ3v) is 4.93. The minimum Gasteiger partial charge on any atom is -0.457 e. The van der Waals surface area contributed by atoms with Crippen LogP contribution in [0.15, 0.2) is 77.2 Å². The molecule has 0 aliphatic carbocycles. The van der Waals surface area contributed by atoms with Crippen molar-refractivity contribution < 1.29 is 23.5 Å². The summed E-state index contributed by atoms with van der Waals surface area (Å²) in [5.74, 6) is 0.408. The quantitative estimate of drug-likeness (QED) is 0.281. The Morgan fingerprint density at radius 2 is 1.69 bits per heavy atom. The van der Waals surface area contributed by atoms with Gasteiger partial charge in [-0.2, -0.15) is 0 Å². The lowest BCUT2D eigenvalue weighted by Crippen LogP contribution is -2.15. The van der Waals surface area contributed by atoms with Crippen LogP contribution in [0.3, 0.4) is 0 Å². The predicted molar refractivity (Wildman–Crippen MR) is 123 cm³/mol. The number of amides is 1. The maximum absolute atomic E-state index is 12.3. The Hall–Kier alpha value is -4.06. The molecule has 1 amide bonds. The summed E-state index contributed by atoms with van der Waals surface area (Å²) in [5.41, 5.74) is 4.49. The van der Waals surface area contributed by atoms with Crippen molar-refractivity contribution in [1.82, 2.24) is 0 Å². The first-order valence-electron chi connectivity index (χ1n) is 10.3. The fourth-order valence-electron chi connectivity index (χ4n) is 3.23. The van der Waals surface area contributed by atoms with E-state index in [1.54, 1.807) is 31.2 Å². The van der Waals surface area contributed by atoms with Gasteiger partial charge in [0, 0.05) is 11.8 Å². The Morgan fingerprint density at radius 3 is 2.47 bits per heavy atom. The highest BCUT2D eigenvalue weighted by Crippen LogP contribution is 2.28. The van der Waals surface area contributed by atoms with Gasteiger partial charge >= 0.3 is 12.1 Å². The van der Waals surface area contributed by atoms with Crippen molar-refractivity contribution in [3.8, 4) is 16.9 Å². The number of carbonyl (C=O) groups is 2. The van der Waals surface area contributed by atoms with Gasteiger partial charge in [-0.1, -0.05) is 55.0 Å². The Labute approximate surface area is 185 Å². The first kappa shape index (κ1) is 21.2. The van der Waals surface area contributed by atoms with Gasteiger partial charge in [-0.15, -0.1) is 0 Å². The van der Waals surface area contributed by atoms with Crippen LogP contribution in [0.25, 0.3) is 22.1 Å². The van der Waals surface area contributed by atoms with E-state index >= 15 is 0 Å². The van der Waals surface area contributed by atoms with Gasteiger partial charge in [0.15, 0.2) is 12.4 Å². The molecule has 0 radical (unpaired) electrons. The molecular formula is C26H23NO5. The molecule has 0 saturated carbocycles. The third-order valence-electron chi connectivity index (χ3n) is 4.93. The van der Waals surface area contributed by atoms with Crippen LogP contribution in [0.1, 0.15) is 24.7 Å². The van der Waals surface area contributed by atoms with Gasteiger partial charge in [0.25, 0.3) is 0 Å². The Kier molecular flexibility index (Phi) is 6.22. The van der Waals surface area contributed by atoms with Crippen LogP contribution in [0, 0.1) is 6.92 Å². The minimum absolute atomic E-state index is 0.0305. The predicted octanol–water partition coefficient (Wildman–Crippen LogP) is 6.47. The minimum atomic E-state index is -0.675. The lowest BCUT2D eigenvalue weighted by Gasteiger charge is -2.10. The average Bonchev–Trinajstić information content (AvgIpc) is 3.21. The molecule has 162 valence electrons. The molecule has 0 aliphatic rings. The fraction of sp³-hybridized carbons (Fsp3) is 0.154. The summed E-state index contributed by atoms with van der Waals surface area (Å²) in [5, 5.41) is 3.53. The van der Waals surface area contributed by atoms with E-state index in [0.717, 1.165) is 22.1 Å². The normalized spacial score (nSPS) is 10.7. The second-order valence-corrected chi connectivity index (χ2v) is 7.36. The maximum Gasteiger partial charge on any atom is 0.412 e. The molecule has 0 atom stereocenters. The number of aryl methyl sites for hydroxylation is 1. The zero-order valence-electron chi connectivity index (χ0n) is 17.9. The third kappa shape index (κ3) is 4.98. The molecule has 1 heterocycles. The van der Waals surface area contributed by atoms with Crippen LogP contribution >= 0.6 is 0 Å². The first-order chi connectivity index (χ1) is 15.5. The van der Waals surface area contributed by atoms with Gasteiger partial charge in [0.05, 0.1) is 5.69 Å². The smallest absolute Gasteiger partial charge is 0.412 e. The molecular weight excluding hydrogens is 406 g/mol. The van der Waals surface area contributed by atoms with Crippen LogP contribution in [0.5, 0.6) is 5.75 Å².